The second-order valence-corrected chi connectivity index (χ2v) is 6.00. The van der Waals surface area contributed by atoms with Crippen molar-refractivity contribution in [3.8, 4) is 0 Å². The fraction of sp³-hybridized carbons (Fsp3) is 0.267. The molecule has 1 aromatic carbocycles. The molecule has 9 heteroatoms. The van der Waals surface area contributed by atoms with Crippen LogP contribution in [0.3, 0.4) is 0 Å². The van der Waals surface area contributed by atoms with Crippen LogP contribution in [-0.4, -0.2) is 33.9 Å². The molecule has 0 unspecified atom stereocenters. The van der Waals surface area contributed by atoms with Crippen molar-refractivity contribution in [3.05, 3.63) is 51.5 Å². The van der Waals surface area contributed by atoms with Gasteiger partial charge in [0, 0.05) is 12.4 Å². The Bertz CT molecular complexity index is 741. The van der Waals surface area contributed by atoms with Crippen LogP contribution in [-0.2, 0) is 23.9 Å². The Kier molecular flexibility index (Phi) is 5.23. The van der Waals surface area contributed by atoms with Crippen LogP contribution in [0.1, 0.15) is 26.6 Å². The van der Waals surface area contributed by atoms with Gasteiger partial charge in [-0.2, -0.15) is 13.2 Å². The molecule has 0 aliphatic rings. The van der Waals surface area contributed by atoms with Crippen LogP contribution >= 0.6 is 11.3 Å². The first-order chi connectivity index (χ1) is 11.2. The number of likely N-dealkylation sites (N-methyl/N-ethyl adjacent to an activating group) is 1. The van der Waals surface area contributed by atoms with Gasteiger partial charge in [0.25, 0.3) is 0 Å². The maximum absolute atomic E-state index is 12.5. The second-order valence-electron chi connectivity index (χ2n) is 5.05. The molecule has 1 aromatic heterocycles. The quantitative estimate of drug-likeness (QED) is 0.892. The highest BCUT2D eigenvalue weighted by Crippen LogP contribution is 2.30. The van der Waals surface area contributed by atoms with Gasteiger partial charge >= 0.3 is 12.1 Å². The number of amides is 1. The van der Waals surface area contributed by atoms with E-state index in [1.165, 1.54) is 36.2 Å². The summed E-state index contributed by atoms with van der Waals surface area (Å²) >= 11 is 0.843. The summed E-state index contributed by atoms with van der Waals surface area (Å²) in [5.41, 5.74) is -0.235. The highest BCUT2D eigenvalue weighted by atomic mass is 32.1. The zero-order valence-electron chi connectivity index (χ0n) is 12.5. The number of benzene rings is 1. The third-order valence-electron chi connectivity index (χ3n) is 3.20. The molecule has 0 spiro atoms. The van der Waals surface area contributed by atoms with Gasteiger partial charge in [0.15, 0.2) is 5.69 Å². The molecule has 1 heterocycles. The lowest BCUT2D eigenvalue weighted by molar-refractivity contribution is -0.140. The normalized spacial score (nSPS) is 11.3. The van der Waals surface area contributed by atoms with Gasteiger partial charge in [0.2, 0.25) is 5.91 Å². The van der Waals surface area contributed by atoms with Crippen LogP contribution in [0.5, 0.6) is 0 Å². The summed E-state index contributed by atoms with van der Waals surface area (Å²) in [4.78, 5) is 27.6. The summed E-state index contributed by atoms with van der Waals surface area (Å²) in [7, 11) is 1.47. The Labute approximate surface area is 139 Å². The molecule has 0 aliphatic heterocycles. The molecule has 0 radical (unpaired) electrons. The number of nitrogens with zero attached hydrogens (tertiary/aromatic N) is 2. The fourth-order valence-electron chi connectivity index (χ4n) is 1.88. The van der Waals surface area contributed by atoms with Gasteiger partial charge in [-0.25, -0.2) is 9.78 Å². The van der Waals surface area contributed by atoms with Gasteiger partial charge in [-0.05, 0) is 17.7 Å². The number of hydrogen-bond donors (Lipinski definition) is 1. The van der Waals surface area contributed by atoms with Crippen LogP contribution in [0.15, 0.2) is 29.6 Å². The number of halogens is 3. The molecule has 2 rings (SSSR count). The number of carboxylic acid groups (broad SMARTS) is 1. The first kappa shape index (κ1) is 17.9. The summed E-state index contributed by atoms with van der Waals surface area (Å²) in [5.74, 6) is -1.36. The zero-order valence-corrected chi connectivity index (χ0v) is 13.3. The van der Waals surface area contributed by atoms with Gasteiger partial charge < -0.3 is 10.0 Å². The highest BCUT2D eigenvalue weighted by molar-refractivity contribution is 7.09. The van der Waals surface area contributed by atoms with Crippen molar-refractivity contribution in [2.24, 2.45) is 0 Å². The van der Waals surface area contributed by atoms with E-state index >= 15 is 0 Å². The lowest BCUT2D eigenvalue weighted by atomic mass is 10.1. The van der Waals surface area contributed by atoms with Gasteiger partial charge in [-0.1, -0.05) is 12.1 Å². The Morgan fingerprint density at radius 3 is 2.38 bits per heavy atom. The standard InChI is InChI=1S/C15H13F3N2O3S/c1-20(7-12-19-11(8-24-12)15(16,17)18)13(21)6-9-2-4-10(5-3-9)14(22)23/h2-5,8H,6-7H2,1H3,(H,22,23). The third-order valence-corrected chi connectivity index (χ3v) is 4.03. The SMILES string of the molecule is CN(Cc1nc(C(F)(F)F)cs1)C(=O)Cc1ccc(C(=O)O)cc1. The summed E-state index contributed by atoms with van der Waals surface area (Å²) in [5, 5.41) is 9.92. The summed E-state index contributed by atoms with van der Waals surface area (Å²) in [6.07, 6.45) is -4.48. The minimum Gasteiger partial charge on any atom is -0.478 e. The first-order valence-electron chi connectivity index (χ1n) is 6.74. The van der Waals surface area contributed by atoms with Crippen molar-refractivity contribution in [2.75, 3.05) is 7.05 Å². The molecule has 2 aromatic rings. The predicted molar refractivity (Wildman–Crippen MR) is 80.7 cm³/mol. The largest absolute Gasteiger partial charge is 0.478 e. The monoisotopic (exact) mass is 358 g/mol. The number of thiazole rings is 1. The van der Waals surface area contributed by atoms with E-state index in [1.807, 2.05) is 0 Å². The Balaban J connectivity index is 1.97. The van der Waals surface area contributed by atoms with Gasteiger partial charge in [0.1, 0.15) is 5.01 Å². The number of rotatable bonds is 5. The molecule has 1 amide bonds. The Morgan fingerprint density at radius 2 is 1.88 bits per heavy atom. The smallest absolute Gasteiger partial charge is 0.434 e. The molecular formula is C15H13F3N2O3S. The average Bonchev–Trinajstić information content (AvgIpc) is 2.96. The minimum absolute atomic E-state index is 0.0210. The van der Waals surface area contributed by atoms with Gasteiger partial charge in [-0.3, -0.25) is 4.79 Å². The van der Waals surface area contributed by atoms with E-state index in [-0.39, 0.29) is 29.4 Å². The molecule has 1 N–H and O–H groups in total. The van der Waals surface area contributed by atoms with E-state index < -0.39 is 17.8 Å². The van der Waals surface area contributed by atoms with E-state index in [9.17, 15) is 22.8 Å². The van der Waals surface area contributed by atoms with E-state index in [2.05, 4.69) is 4.98 Å². The third kappa shape index (κ3) is 4.54. The average molecular weight is 358 g/mol. The van der Waals surface area contributed by atoms with Crippen LogP contribution in [0.4, 0.5) is 13.2 Å². The molecule has 128 valence electrons. The van der Waals surface area contributed by atoms with Gasteiger partial charge in [-0.15, -0.1) is 11.3 Å². The predicted octanol–water partition coefficient (Wildman–Crippen LogP) is 3.06. The van der Waals surface area contributed by atoms with Crippen LogP contribution in [0.25, 0.3) is 0 Å². The van der Waals surface area contributed by atoms with Crippen molar-refractivity contribution in [1.29, 1.82) is 0 Å². The first-order valence-corrected chi connectivity index (χ1v) is 7.62. The minimum atomic E-state index is -4.50. The maximum Gasteiger partial charge on any atom is 0.434 e. The lowest BCUT2D eigenvalue weighted by Gasteiger charge is -2.15. The molecule has 0 fully saturated rings. The van der Waals surface area contributed by atoms with Crippen molar-refractivity contribution in [2.45, 2.75) is 19.1 Å². The van der Waals surface area contributed by atoms with Gasteiger partial charge in [0.05, 0.1) is 18.5 Å². The van der Waals surface area contributed by atoms with Crippen LogP contribution in [0, 0.1) is 0 Å². The van der Waals surface area contributed by atoms with Crippen molar-refractivity contribution < 1.29 is 27.9 Å². The Morgan fingerprint density at radius 1 is 1.25 bits per heavy atom. The number of carboxylic acids is 1. The molecule has 0 bridgehead atoms. The molecule has 0 saturated heterocycles. The number of hydrogen-bond acceptors (Lipinski definition) is 4. The maximum atomic E-state index is 12.5. The molecule has 0 saturated carbocycles. The number of aromatic nitrogens is 1. The number of aromatic carboxylic acids is 1. The lowest BCUT2D eigenvalue weighted by Crippen LogP contribution is -2.27. The van der Waals surface area contributed by atoms with Crippen molar-refractivity contribution >= 4 is 23.2 Å². The molecule has 24 heavy (non-hydrogen) atoms. The molecular weight excluding hydrogens is 345 g/mol. The molecule has 5 nitrogen and oxygen atoms in total. The molecule has 0 aliphatic carbocycles. The summed E-state index contributed by atoms with van der Waals surface area (Å²) < 4.78 is 37.5. The fourth-order valence-corrected chi connectivity index (χ4v) is 2.73. The van der Waals surface area contributed by atoms with Crippen molar-refractivity contribution in [1.82, 2.24) is 9.88 Å². The summed E-state index contributed by atoms with van der Waals surface area (Å²) in [6, 6.07) is 5.84. The summed E-state index contributed by atoms with van der Waals surface area (Å²) in [6.45, 7) is -0.0210. The van der Waals surface area contributed by atoms with E-state index in [0.29, 0.717) is 5.56 Å². The van der Waals surface area contributed by atoms with Crippen molar-refractivity contribution in [3.63, 3.8) is 0 Å². The second kappa shape index (κ2) is 7.00. The number of alkyl halides is 3. The van der Waals surface area contributed by atoms with E-state index in [1.54, 1.807) is 0 Å². The van der Waals surface area contributed by atoms with Crippen LogP contribution in [0.2, 0.25) is 0 Å². The topological polar surface area (TPSA) is 70.5 Å². The number of carbonyl (C=O) groups excluding carboxylic acids is 1. The van der Waals surface area contributed by atoms with Crippen LogP contribution < -0.4 is 0 Å². The van der Waals surface area contributed by atoms with E-state index in [4.69, 9.17) is 5.11 Å². The Hall–Kier alpha value is -2.42. The highest BCUT2D eigenvalue weighted by Gasteiger charge is 2.33. The number of carbonyl (C=O) groups is 2. The molecule has 0 atom stereocenters. The van der Waals surface area contributed by atoms with E-state index in [0.717, 1.165) is 16.7 Å². The zero-order chi connectivity index (χ0) is 17.9.